The third-order valence-electron chi connectivity index (χ3n) is 4.66. The van der Waals surface area contributed by atoms with Crippen LogP contribution in [0.3, 0.4) is 0 Å². The van der Waals surface area contributed by atoms with E-state index >= 15 is 0 Å². The molecule has 0 unspecified atom stereocenters. The minimum absolute atomic E-state index is 0.0269. The minimum atomic E-state index is -1.14. The zero-order chi connectivity index (χ0) is 22.8. The molecule has 1 fully saturated rings. The molecule has 1 aromatic heterocycles. The molecule has 1 aliphatic heterocycles. The first-order valence-electron chi connectivity index (χ1n) is 9.30. The molecule has 1 N–H and O–H groups in total. The maximum atomic E-state index is 12.7. The monoisotopic (exact) mass is 467 g/mol. The lowest BCUT2D eigenvalue weighted by Gasteiger charge is -2.11. The van der Waals surface area contributed by atoms with Crippen LogP contribution in [-0.2, 0) is 4.79 Å². The lowest BCUT2D eigenvalue weighted by atomic mass is 10.1. The minimum Gasteiger partial charge on any atom is -0.478 e. The van der Waals surface area contributed by atoms with E-state index in [1.165, 1.54) is 18.2 Å². The van der Waals surface area contributed by atoms with E-state index in [-0.39, 0.29) is 27.8 Å². The van der Waals surface area contributed by atoms with Crippen molar-refractivity contribution >= 4 is 52.3 Å². The van der Waals surface area contributed by atoms with Crippen LogP contribution in [0.25, 0.3) is 17.4 Å². The first-order chi connectivity index (χ1) is 15.3. The van der Waals surface area contributed by atoms with E-state index in [2.05, 4.69) is 0 Å². The van der Waals surface area contributed by atoms with Crippen LogP contribution in [0.5, 0.6) is 0 Å². The van der Waals surface area contributed by atoms with Gasteiger partial charge in [0.15, 0.2) is 5.78 Å². The van der Waals surface area contributed by atoms with E-state index < -0.39 is 17.1 Å². The fourth-order valence-electron chi connectivity index (χ4n) is 3.05. The maximum Gasteiger partial charge on any atom is 0.337 e. The molecule has 2 heterocycles. The first kappa shape index (κ1) is 21.6. The van der Waals surface area contributed by atoms with Crippen LogP contribution >= 0.6 is 23.4 Å². The molecule has 2 amide bonds. The summed E-state index contributed by atoms with van der Waals surface area (Å²) in [6, 6.07) is 16.1. The van der Waals surface area contributed by atoms with Crippen molar-refractivity contribution in [3.63, 3.8) is 0 Å². The fourth-order valence-corrected chi connectivity index (χ4v) is 4.13. The summed E-state index contributed by atoms with van der Waals surface area (Å²) in [5, 5.41) is 8.61. The van der Waals surface area contributed by atoms with Crippen molar-refractivity contribution in [3.8, 4) is 11.3 Å². The first-order valence-corrected chi connectivity index (χ1v) is 10.5. The largest absolute Gasteiger partial charge is 0.478 e. The number of halogens is 1. The van der Waals surface area contributed by atoms with Gasteiger partial charge in [0, 0.05) is 17.2 Å². The molecule has 32 heavy (non-hydrogen) atoms. The van der Waals surface area contributed by atoms with Crippen molar-refractivity contribution in [2.24, 2.45) is 0 Å². The highest BCUT2D eigenvalue weighted by molar-refractivity contribution is 8.18. The lowest BCUT2D eigenvalue weighted by molar-refractivity contribution is -0.122. The maximum absolute atomic E-state index is 12.7. The van der Waals surface area contributed by atoms with E-state index in [0.717, 1.165) is 16.7 Å². The average molecular weight is 468 g/mol. The van der Waals surface area contributed by atoms with Crippen molar-refractivity contribution in [1.29, 1.82) is 0 Å². The molecule has 1 aliphatic rings. The zero-order valence-corrected chi connectivity index (χ0v) is 17.9. The molecule has 0 saturated carbocycles. The van der Waals surface area contributed by atoms with Gasteiger partial charge in [-0.05, 0) is 36.0 Å². The van der Waals surface area contributed by atoms with Crippen LogP contribution in [0.1, 0.15) is 26.5 Å². The van der Waals surface area contributed by atoms with Crippen LogP contribution in [0.2, 0.25) is 5.02 Å². The van der Waals surface area contributed by atoms with Gasteiger partial charge in [-0.15, -0.1) is 0 Å². The molecule has 2 aromatic carbocycles. The van der Waals surface area contributed by atoms with Gasteiger partial charge in [-0.3, -0.25) is 19.3 Å². The van der Waals surface area contributed by atoms with E-state index in [0.29, 0.717) is 22.6 Å². The summed E-state index contributed by atoms with van der Waals surface area (Å²) in [5.74, 6) is -1.32. The third kappa shape index (κ3) is 4.37. The number of hydrogen-bond donors (Lipinski definition) is 1. The van der Waals surface area contributed by atoms with E-state index in [4.69, 9.17) is 21.1 Å². The summed E-state index contributed by atoms with van der Waals surface area (Å²) >= 11 is 6.73. The van der Waals surface area contributed by atoms with Crippen molar-refractivity contribution in [2.75, 3.05) is 6.54 Å². The van der Waals surface area contributed by atoms with Crippen LogP contribution in [-0.4, -0.2) is 39.5 Å². The lowest BCUT2D eigenvalue weighted by Crippen LogP contribution is -2.33. The molecular weight excluding hydrogens is 454 g/mol. The summed E-state index contributed by atoms with van der Waals surface area (Å²) in [7, 11) is 0. The van der Waals surface area contributed by atoms with E-state index in [1.807, 2.05) is 0 Å². The van der Waals surface area contributed by atoms with Crippen LogP contribution < -0.4 is 0 Å². The Kier molecular flexibility index (Phi) is 5.98. The molecule has 9 heteroatoms. The van der Waals surface area contributed by atoms with Gasteiger partial charge in [0.2, 0.25) is 0 Å². The smallest absolute Gasteiger partial charge is 0.337 e. The predicted octanol–water partition coefficient (Wildman–Crippen LogP) is 5.22. The highest BCUT2D eigenvalue weighted by atomic mass is 35.5. The highest BCUT2D eigenvalue weighted by Gasteiger charge is 2.36. The number of ketones is 1. The Morgan fingerprint density at radius 2 is 1.81 bits per heavy atom. The van der Waals surface area contributed by atoms with Gasteiger partial charge in [0.25, 0.3) is 11.1 Å². The second kappa shape index (κ2) is 8.86. The Bertz CT molecular complexity index is 1280. The second-order valence-corrected chi connectivity index (χ2v) is 8.16. The number of imide groups is 1. The second-order valence-electron chi connectivity index (χ2n) is 6.76. The summed E-state index contributed by atoms with van der Waals surface area (Å²) in [4.78, 5) is 49.4. The molecule has 160 valence electrons. The molecule has 0 radical (unpaired) electrons. The standard InChI is InChI=1S/C23H14ClNO6S/c24-17-10-14(6-8-16(17)22(28)29)19-9-7-15(31-19)11-20-21(27)25(23(30)32-20)12-18(26)13-4-2-1-3-5-13/h1-11H,12H2,(H,28,29)/b20-11-. The van der Waals surface area contributed by atoms with Crippen molar-refractivity contribution in [1.82, 2.24) is 4.90 Å². The van der Waals surface area contributed by atoms with Crippen molar-refractivity contribution in [3.05, 3.63) is 87.5 Å². The molecule has 1 saturated heterocycles. The zero-order valence-electron chi connectivity index (χ0n) is 16.3. The quantitative estimate of drug-likeness (QED) is 0.391. The number of rotatable bonds is 6. The number of aromatic carboxylic acids is 1. The Labute approximate surface area is 191 Å². The number of thioether (sulfide) groups is 1. The summed E-state index contributed by atoms with van der Waals surface area (Å²) in [5.41, 5.74) is 0.945. The number of carboxylic acids is 1. The Morgan fingerprint density at radius 3 is 2.50 bits per heavy atom. The number of carboxylic acid groups (broad SMARTS) is 1. The van der Waals surface area contributed by atoms with Gasteiger partial charge in [0.05, 0.1) is 22.0 Å². The summed E-state index contributed by atoms with van der Waals surface area (Å²) in [6.07, 6.45) is 1.43. The fraction of sp³-hybridized carbons (Fsp3) is 0.0435. The molecular formula is C23H14ClNO6S. The number of hydrogen-bond acceptors (Lipinski definition) is 6. The van der Waals surface area contributed by atoms with E-state index in [1.54, 1.807) is 48.5 Å². The third-order valence-corrected chi connectivity index (χ3v) is 5.88. The Hall–Kier alpha value is -3.62. The van der Waals surface area contributed by atoms with Crippen LogP contribution in [0.15, 0.2) is 70.0 Å². The van der Waals surface area contributed by atoms with Crippen LogP contribution in [0, 0.1) is 0 Å². The van der Waals surface area contributed by atoms with Gasteiger partial charge in [-0.1, -0.05) is 48.0 Å². The SMILES string of the molecule is O=C(CN1C(=O)S/C(=C\c2ccc(-c3ccc(C(=O)O)c(Cl)c3)o2)C1=O)c1ccccc1. The molecule has 4 rings (SSSR count). The number of benzene rings is 2. The number of nitrogens with zero attached hydrogens (tertiary/aromatic N) is 1. The van der Waals surface area contributed by atoms with Crippen molar-refractivity contribution < 1.29 is 28.7 Å². The topological polar surface area (TPSA) is 105 Å². The highest BCUT2D eigenvalue weighted by Crippen LogP contribution is 2.34. The molecule has 0 bridgehead atoms. The van der Waals surface area contributed by atoms with Gasteiger partial charge < -0.3 is 9.52 Å². The number of carbonyl (C=O) groups excluding carboxylic acids is 3. The normalized spacial score (nSPS) is 14.9. The van der Waals surface area contributed by atoms with Gasteiger partial charge in [-0.2, -0.15) is 0 Å². The van der Waals surface area contributed by atoms with Crippen molar-refractivity contribution in [2.45, 2.75) is 0 Å². The van der Waals surface area contributed by atoms with E-state index in [9.17, 15) is 19.2 Å². The molecule has 0 aliphatic carbocycles. The molecule has 0 spiro atoms. The van der Waals surface area contributed by atoms with Gasteiger partial charge >= 0.3 is 5.97 Å². The molecule has 3 aromatic rings. The van der Waals surface area contributed by atoms with Gasteiger partial charge in [0.1, 0.15) is 11.5 Å². The number of furan rings is 1. The predicted molar refractivity (Wildman–Crippen MR) is 120 cm³/mol. The number of amides is 2. The summed E-state index contributed by atoms with van der Waals surface area (Å²) < 4.78 is 5.71. The summed E-state index contributed by atoms with van der Waals surface area (Å²) in [6.45, 7) is -0.343. The average Bonchev–Trinajstić information content (AvgIpc) is 3.34. The van der Waals surface area contributed by atoms with Gasteiger partial charge in [-0.25, -0.2) is 4.79 Å². The molecule has 0 atom stereocenters. The molecule has 7 nitrogen and oxygen atoms in total. The Balaban J connectivity index is 1.51. The van der Waals surface area contributed by atoms with Crippen LogP contribution in [0.4, 0.5) is 4.79 Å². The number of carbonyl (C=O) groups is 4. The number of Topliss-reactive ketones (excluding diaryl/α,β-unsaturated/α-hetero) is 1. The Morgan fingerprint density at radius 1 is 1.06 bits per heavy atom.